The molecule has 0 amide bonds. The van der Waals surface area contributed by atoms with Crippen LogP contribution in [-0.2, 0) is 4.74 Å². The van der Waals surface area contributed by atoms with Crippen LogP contribution in [0.1, 0.15) is 36.8 Å². The number of hydrogen-bond donors (Lipinski definition) is 2. The van der Waals surface area contributed by atoms with Crippen LogP contribution in [0, 0.1) is 12.7 Å². The Morgan fingerprint density at radius 2 is 1.74 bits per heavy atom. The molecule has 1 spiro atoms. The minimum atomic E-state index is -0.317. The summed E-state index contributed by atoms with van der Waals surface area (Å²) in [6, 6.07) is 12.8. The van der Waals surface area contributed by atoms with Crippen molar-refractivity contribution < 1.29 is 14.2 Å². The second-order valence-electron chi connectivity index (χ2n) is 7.73. The first-order chi connectivity index (χ1) is 13.0. The minimum Gasteiger partial charge on any atom is -0.510 e. The van der Waals surface area contributed by atoms with Gasteiger partial charge >= 0.3 is 0 Å². The lowest BCUT2D eigenvalue weighted by Crippen LogP contribution is -2.46. The van der Waals surface area contributed by atoms with Gasteiger partial charge in [-0.2, -0.15) is 0 Å². The van der Waals surface area contributed by atoms with Crippen LogP contribution < -0.4 is 5.32 Å². The van der Waals surface area contributed by atoms with Crippen molar-refractivity contribution in [3.63, 3.8) is 0 Å². The number of halogens is 1. The molecule has 4 rings (SSSR count). The summed E-state index contributed by atoms with van der Waals surface area (Å²) >= 11 is 0. The summed E-state index contributed by atoms with van der Waals surface area (Å²) in [6.07, 6.45) is 3.97. The van der Waals surface area contributed by atoms with Crippen LogP contribution in [-0.4, -0.2) is 30.4 Å². The highest BCUT2D eigenvalue weighted by atomic mass is 19.1. The van der Waals surface area contributed by atoms with Crippen molar-refractivity contribution >= 4 is 5.57 Å². The number of nitrogens with one attached hydrogen (secondary N) is 1. The number of methoxy groups -OCH3 is 1. The average molecular weight is 367 g/mol. The Labute approximate surface area is 159 Å². The zero-order valence-corrected chi connectivity index (χ0v) is 15.9. The van der Waals surface area contributed by atoms with E-state index in [0.29, 0.717) is 12.3 Å². The summed E-state index contributed by atoms with van der Waals surface area (Å²) in [7, 11) is 1.76. The number of ether oxygens (including phenoxy) is 1. The van der Waals surface area contributed by atoms with Gasteiger partial charge in [-0.3, -0.25) is 0 Å². The molecule has 0 aromatic heterocycles. The van der Waals surface area contributed by atoms with E-state index in [1.54, 1.807) is 19.2 Å². The van der Waals surface area contributed by atoms with E-state index in [0.717, 1.165) is 53.5 Å². The number of aryl methyl sites for hydroxylation is 1. The standard InChI is InChI=1S/C23H26FNO2/c1-15-3-4-17(16-5-7-18(24)8-6-16)13-20(15)21-14-25-23(22(21)26)11-9-19(27-2)10-12-23/h3-8,13,19,25-26H,9-12,14H2,1-2H3. The molecular formula is C23H26FNO2. The second-order valence-corrected chi connectivity index (χ2v) is 7.73. The molecule has 2 aliphatic rings. The highest BCUT2D eigenvalue weighted by molar-refractivity contribution is 5.79. The van der Waals surface area contributed by atoms with Gasteiger partial charge in [0, 0.05) is 19.2 Å². The second kappa shape index (κ2) is 7.10. The lowest BCUT2D eigenvalue weighted by Gasteiger charge is -2.37. The van der Waals surface area contributed by atoms with Gasteiger partial charge in [0.05, 0.1) is 11.6 Å². The van der Waals surface area contributed by atoms with Gasteiger partial charge in [0.1, 0.15) is 11.6 Å². The molecule has 0 radical (unpaired) electrons. The summed E-state index contributed by atoms with van der Waals surface area (Å²) in [5.74, 6) is 0.247. The molecule has 0 atom stereocenters. The average Bonchev–Trinajstić information content (AvgIpc) is 3.00. The quantitative estimate of drug-likeness (QED) is 0.802. The molecule has 1 heterocycles. The summed E-state index contributed by atoms with van der Waals surface area (Å²) in [5, 5.41) is 14.7. The van der Waals surface area contributed by atoms with Gasteiger partial charge in [0.25, 0.3) is 0 Å². The number of hydrogen-bond acceptors (Lipinski definition) is 3. The van der Waals surface area contributed by atoms with Crippen molar-refractivity contribution in [3.05, 3.63) is 65.2 Å². The molecule has 142 valence electrons. The molecule has 1 aliphatic carbocycles. The molecule has 4 heteroatoms. The monoisotopic (exact) mass is 367 g/mol. The first kappa shape index (κ1) is 18.2. The summed E-state index contributed by atoms with van der Waals surface area (Å²) in [6.45, 7) is 2.73. The Balaban J connectivity index is 1.69. The van der Waals surface area contributed by atoms with Gasteiger partial charge in [-0.1, -0.05) is 24.3 Å². The van der Waals surface area contributed by atoms with Crippen LogP contribution in [0.4, 0.5) is 4.39 Å². The summed E-state index contributed by atoms with van der Waals surface area (Å²) in [4.78, 5) is 0. The molecule has 1 aliphatic heterocycles. The number of benzene rings is 2. The Morgan fingerprint density at radius 3 is 2.41 bits per heavy atom. The molecule has 0 unspecified atom stereocenters. The Morgan fingerprint density at radius 1 is 1.07 bits per heavy atom. The lowest BCUT2D eigenvalue weighted by molar-refractivity contribution is 0.0439. The number of aliphatic hydroxyl groups excluding tert-OH is 1. The maximum absolute atomic E-state index is 13.2. The highest BCUT2D eigenvalue weighted by Gasteiger charge is 2.44. The third-order valence-electron chi connectivity index (χ3n) is 6.20. The highest BCUT2D eigenvalue weighted by Crippen LogP contribution is 2.42. The molecular weight excluding hydrogens is 341 g/mol. The van der Waals surface area contributed by atoms with Crippen molar-refractivity contribution in [3.8, 4) is 11.1 Å². The van der Waals surface area contributed by atoms with Crippen molar-refractivity contribution in [1.82, 2.24) is 5.32 Å². The Kier molecular flexibility index (Phi) is 4.79. The van der Waals surface area contributed by atoms with Crippen LogP contribution >= 0.6 is 0 Å². The molecule has 3 nitrogen and oxygen atoms in total. The smallest absolute Gasteiger partial charge is 0.123 e. The first-order valence-electron chi connectivity index (χ1n) is 9.60. The van der Waals surface area contributed by atoms with E-state index in [-0.39, 0.29) is 17.5 Å². The van der Waals surface area contributed by atoms with Crippen LogP contribution in [0.25, 0.3) is 16.7 Å². The van der Waals surface area contributed by atoms with Gasteiger partial charge in [0.15, 0.2) is 0 Å². The third-order valence-corrected chi connectivity index (χ3v) is 6.20. The predicted molar refractivity (Wildman–Crippen MR) is 106 cm³/mol. The maximum atomic E-state index is 13.2. The van der Waals surface area contributed by atoms with Gasteiger partial charge in [-0.05, 0) is 73.1 Å². The number of rotatable bonds is 3. The molecule has 2 aromatic rings. The molecule has 2 aromatic carbocycles. The van der Waals surface area contributed by atoms with Crippen LogP contribution in [0.5, 0.6) is 0 Å². The largest absolute Gasteiger partial charge is 0.510 e. The van der Waals surface area contributed by atoms with E-state index >= 15 is 0 Å². The van der Waals surface area contributed by atoms with Crippen molar-refractivity contribution in [2.75, 3.05) is 13.7 Å². The van der Waals surface area contributed by atoms with Gasteiger partial charge < -0.3 is 15.2 Å². The maximum Gasteiger partial charge on any atom is 0.123 e. The minimum absolute atomic E-state index is 0.236. The van der Waals surface area contributed by atoms with Crippen LogP contribution in [0.3, 0.4) is 0 Å². The van der Waals surface area contributed by atoms with Gasteiger partial charge in [-0.25, -0.2) is 4.39 Å². The molecule has 1 fully saturated rings. The Hall–Kier alpha value is -2.17. The van der Waals surface area contributed by atoms with Gasteiger partial charge in [-0.15, -0.1) is 0 Å². The van der Waals surface area contributed by atoms with Gasteiger partial charge in [0.2, 0.25) is 0 Å². The van der Waals surface area contributed by atoms with E-state index in [2.05, 4.69) is 24.4 Å². The molecule has 2 N–H and O–H groups in total. The molecule has 1 saturated carbocycles. The lowest BCUT2D eigenvalue weighted by atomic mass is 9.79. The van der Waals surface area contributed by atoms with E-state index in [9.17, 15) is 9.50 Å². The van der Waals surface area contributed by atoms with Crippen molar-refractivity contribution in [2.45, 2.75) is 44.2 Å². The SMILES string of the molecule is COC1CCC2(CC1)NCC(c1cc(-c3ccc(F)cc3)ccc1C)=C2O. The van der Waals surface area contributed by atoms with E-state index in [1.807, 2.05) is 6.07 Å². The third kappa shape index (κ3) is 3.28. The molecule has 0 saturated heterocycles. The fourth-order valence-electron chi connectivity index (χ4n) is 4.44. The predicted octanol–water partition coefficient (Wildman–Crippen LogP) is 5.00. The normalized spacial score (nSPS) is 25.4. The van der Waals surface area contributed by atoms with Crippen LogP contribution in [0.15, 0.2) is 48.2 Å². The van der Waals surface area contributed by atoms with Crippen molar-refractivity contribution in [1.29, 1.82) is 0 Å². The van der Waals surface area contributed by atoms with Crippen LogP contribution in [0.2, 0.25) is 0 Å². The van der Waals surface area contributed by atoms with Crippen molar-refractivity contribution in [2.24, 2.45) is 0 Å². The Bertz CT molecular complexity index is 864. The molecule has 0 bridgehead atoms. The zero-order valence-electron chi connectivity index (χ0n) is 15.9. The van der Waals surface area contributed by atoms with E-state index < -0.39 is 0 Å². The topological polar surface area (TPSA) is 41.5 Å². The summed E-state index contributed by atoms with van der Waals surface area (Å²) < 4.78 is 18.7. The van der Waals surface area contributed by atoms with E-state index in [4.69, 9.17) is 4.74 Å². The number of aliphatic hydroxyl groups is 1. The fourth-order valence-corrected chi connectivity index (χ4v) is 4.44. The molecule has 27 heavy (non-hydrogen) atoms. The first-order valence-corrected chi connectivity index (χ1v) is 9.60. The van der Waals surface area contributed by atoms with E-state index in [1.165, 1.54) is 12.1 Å². The fraction of sp³-hybridized carbons (Fsp3) is 0.391. The zero-order chi connectivity index (χ0) is 19.0. The summed E-state index contributed by atoms with van der Waals surface area (Å²) in [5.41, 5.74) is 4.86.